The van der Waals surface area contributed by atoms with Crippen LogP contribution in [0.15, 0.2) is 60.7 Å². The van der Waals surface area contributed by atoms with E-state index in [1.807, 2.05) is 64.1 Å². The minimum atomic E-state index is -2.38. The predicted molar refractivity (Wildman–Crippen MR) is 143 cm³/mol. The van der Waals surface area contributed by atoms with Crippen LogP contribution in [0.4, 0.5) is 0 Å². The summed E-state index contributed by atoms with van der Waals surface area (Å²) in [5.41, 5.74) is -0.355. The van der Waals surface area contributed by atoms with Crippen LogP contribution in [-0.2, 0) is 12.8 Å². The maximum atomic E-state index is 12.0. The van der Waals surface area contributed by atoms with Crippen LogP contribution in [0.25, 0.3) is 0 Å². The van der Waals surface area contributed by atoms with Gasteiger partial charge in [-0.1, -0.05) is 81.8 Å². The molecule has 0 spiro atoms. The van der Waals surface area contributed by atoms with Gasteiger partial charge in [0.2, 0.25) is 0 Å². The van der Waals surface area contributed by atoms with E-state index in [-0.39, 0.29) is 31.1 Å². The van der Waals surface area contributed by atoms with Gasteiger partial charge in [-0.25, -0.2) is 0 Å². The highest BCUT2D eigenvalue weighted by molar-refractivity contribution is 5.34. The van der Waals surface area contributed by atoms with Crippen molar-refractivity contribution in [2.45, 2.75) is 95.2 Å². The lowest BCUT2D eigenvalue weighted by atomic mass is 9.70. The Kier molecular flexibility index (Phi) is 10.4. The van der Waals surface area contributed by atoms with Gasteiger partial charge in [-0.2, -0.15) is 0 Å². The second-order valence-electron chi connectivity index (χ2n) is 10.9. The van der Waals surface area contributed by atoms with Gasteiger partial charge in [0.15, 0.2) is 0 Å². The molecule has 0 fully saturated rings. The molecule has 2 rings (SSSR count). The predicted octanol–water partition coefficient (Wildman–Crippen LogP) is 3.22. The summed E-state index contributed by atoms with van der Waals surface area (Å²) in [7, 11) is 0. The fourth-order valence-electron chi connectivity index (χ4n) is 5.19. The molecule has 2 aromatic rings. The number of hydrogen-bond acceptors (Lipinski definition) is 6. The molecule has 36 heavy (non-hydrogen) atoms. The number of hydrogen-bond donors (Lipinski definition) is 6. The van der Waals surface area contributed by atoms with E-state index in [2.05, 4.69) is 6.58 Å². The topological polar surface area (TPSA) is 121 Å². The zero-order valence-corrected chi connectivity index (χ0v) is 22.2. The van der Waals surface area contributed by atoms with Crippen LogP contribution in [0, 0.1) is 0 Å². The Hall–Kier alpha value is -2.06. The van der Waals surface area contributed by atoms with Crippen LogP contribution < -0.4 is 0 Å². The highest BCUT2D eigenvalue weighted by Crippen LogP contribution is 2.38. The lowest BCUT2D eigenvalue weighted by Crippen LogP contribution is -2.66. The number of rotatable bonds is 13. The highest BCUT2D eigenvalue weighted by Gasteiger charge is 2.54. The smallest absolute Gasteiger partial charge is 0.126 e. The first-order valence-electron chi connectivity index (χ1n) is 12.7. The average molecular weight is 501 g/mol. The van der Waals surface area contributed by atoms with E-state index in [0.29, 0.717) is 11.1 Å². The lowest BCUT2D eigenvalue weighted by molar-refractivity contribution is -0.228. The van der Waals surface area contributed by atoms with Gasteiger partial charge in [0, 0.05) is 12.8 Å². The first-order chi connectivity index (χ1) is 16.8. The molecular formula is C30H44O6. The van der Waals surface area contributed by atoms with Crippen molar-refractivity contribution < 1.29 is 30.6 Å². The Morgan fingerprint density at radius 3 is 1.67 bits per heavy atom. The summed E-state index contributed by atoms with van der Waals surface area (Å²) < 4.78 is 0. The van der Waals surface area contributed by atoms with Crippen molar-refractivity contribution in [1.29, 1.82) is 0 Å². The molecule has 0 bridgehead atoms. The van der Waals surface area contributed by atoms with Crippen LogP contribution >= 0.6 is 0 Å². The van der Waals surface area contributed by atoms with Crippen molar-refractivity contribution >= 4 is 0 Å². The van der Waals surface area contributed by atoms with Gasteiger partial charge in [-0.15, -0.1) is 6.58 Å². The second kappa shape index (κ2) is 12.5. The van der Waals surface area contributed by atoms with E-state index in [4.69, 9.17) is 0 Å². The fourth-order valence-corrected chi connectivity index (χ4v) is 5.19. The molecule has 0 aliphatic rings. The second-order valence-corrected chi connectivity index (χ2v) is 10.9. The van der Waals surface area contributed by atoms with Crippen LogP contribution in [-0.4, -0.2) is 66.8 Å². The minimum absolute atomic E-state index is 0.00847. The van der Waals surface area contributed by atoms with Crippen LogP contribution in [0.5, 0.6) is 0 Å². The molecule has 0 saturated carbocycles. The molecule has 0 radical (unpaired) electrons. The van der Waals surface area contributed by atoms with E-state index in [1.54, 1.807) is 19.1 Å². The van der Waals surface area contributed by atoms with Crippen LogP contribution in [0.1, 0.15) is 75.1 Å². The Labute approximate surface area is 215 Å². The lowest BCUT2D eigenvalue weighted by Gasteiger charge is -2.46. The van der Waals surface area contributed by atoms with Crippen molar-refractivity contribution in [3.63, 3.8) is 0 Å². The normalized spacial score (nSPS) is 17.9. The summed E-state index contributed by atoms with van der Waals surface area (Å²) in [4.78, 5) is 0. The van der Waals surface area contributed by atoms with Crippen molar-refractivity contribution in [3.05, 3.63) is 82.9 Å². The summed E-state index contributed by atoms with van der Waals surface area (Å²) in [5, 5.41) is 66.6. The summed E-state index contributed by atoms with van der Waals surface area (Å²) in [5.74, 6) is 0.251. The monoisotopic (exact) mass is 500 g/mol. The molecule has 0 heterocycles. The maximum absolute atomic E-state index is 12.0. The van der Waals surface area contributed by atoms with Crippen molar-refractivity contribution in [3.8, 4) is 0 Å². The zero-order valence-electron chi connectivity index (χ0n) is 22.2. The first-order valence-corrected chi connectivity index (χ1v) is 12.7. The SMILES string of the molecule is C=C(C)CC(O)(Cc1ccccc1C(C)C)[C@@H](O)[C@@](O)(Cc1ccccc1C(C)C)[C@H](O)[C@@H](O)CO. The summed E-state index contributed by atoms with van der Waals surface area (Å²) in [6.45, 7) is 12.9. The number of aliphatic hydroxyl groups is 6. The molecule has 5 atom stereocenters. The van der Waals surface area contributed by atoms with Crippen molar-refractivity contribution in [2.24, 2.45) is 0 Å². The summed E-state index contributed by atoms with van der Waals surface area (Å²) >= 11 is 0. The third kappa shape index (κ3) is 6.82. The molecule has 2 aromatic carbocycles. The molecule has 0 aliphatic carbocycles. The molecule has 0 aliphatic heterocycles. The molecule has 0 saturated heterocycles. The molecule has 6 nitrogen and oxygen atoms in total. The quantitative estimate of drug-likeness (QED) is 0.235. The third-order valence-corrected chi connectivity index (χ3v) is 6.98. The standard InChI is InChI=1S/C30H44O6/c1-19(2)15-29(35,16-22-11-7-9-13-24(22)20(3)4)28(34)30(36,27(33)26(32)18-31)17-23-12-8-10-14-25(23)21(5)6/h7-14,20-21,26-28,31-36H,1,15-18H2,2-6H3/t26-,27+,28+,29?,30+/m0/s1. The molecule has 1 unspecified atom stereocenters. The van der Waals surface area contributed by atoms with Gasteiger partial charge in [-0.3, -0.25) is 0 Å². The summed E-state index contributed by atoms with van der Waals surface area (Å²) in [6, 6.07) is 14.9. The highest BCUT2D eigenvalue weighted by atomic mass is 16.4. The molecule has 0 amide bonds. The van der Waals surface area contributed by atoms with Crippen LogP contribution in [0.3, 0.4) is 0 Å². The minimum Gasteiger partial charge on any atom is -0.394 e. The Morgan fingerprint density at radius 1 is 0.806 bits per heavy atom. The van der Waals surface area contributed by atoms with Gasteiger partial charge < -0.3 is 30.6 Å². The molecule has 6 heteroatoms. The van der Waals surface area contributed by atoms with Gasteiger partial charge in [-0.05, 0) is 47.4 Å². The average Bonchev–Trinajstić information content (AvgIpc) is 2.82. The molecule has 200 valence electrons. The third-order valence-electron chi connectivity index (χ3n) is 6.98. The Morgan fingerprint density at radius 2 is 1.25 bits per heavy atom. The van der Waals surface area contributed by atoms with Gasteiger partial charge in [0.1, 0.15) is 29.5 Å². The Bertz CT molecular complexity index is 1000. The van der Waals surface area contributed by atoms with Crippen molar-refractivity contribution in [2.75, 3.05) is 6.61 Å². The fraction of sp³-hybridized carbons (Fsp3) is 0.533. The number of aliphatic hydroxyl groups excluding tert-OH is 4. The molecular weight excluding hydrogens is 456 g/mol. The van der Waals surface area contributed by atoms with Gasteiger partial charge in [0.25, 0.3) is 0 Å². The largest absolute Gasteiger partial charge is 0.394 e. The van der Waals surface area contributed by atoms with E-state index in [1.165, 1.54) is 0 Å². The molecule has 0 aromatic heterocycles. The van der Waals surface area contributed by atoms with Gasteiger partial charge in [0.05, 0.1) is 6.61 Å². The first kappa shape index (κ1) is 30.2. The zero-order chi connectivity index (χ0) is 27.3. The van der Waals surface area contributed by atoms with E-state index < -0.39 is 36.1 Å². The van der Waals surface area contributed by atoms with Crippen LogP contribution in [0.2, 0.25) is 0 Å². The van der Waals surface area contributed by atoms with Crippen molar-refractivity contribution in [1.82, 2.24) is 0 Å². The van der Waals surface area contributed by atoms with Gasteiger partial charge >= 0.3 is 0 Å². The number of benzene rings is 2. The van der Waals surface area contributed by atoms with E-state index in [0.717, 1.165) is 16.7 Å². The summed E-state index contributed by atoms with van der Waals surface area (Å²) in [6.07, 6.45) is -5.85. The van der Waals surface area contributed by atoms with E-state index in [9.17, 15) is 30.6 Å². The van der Waals surface area contributed by atoms with E-state index >= 15 is 0 Å². The molecule has 6 N–H and O–H groups in total. The maximum Gasteiger partial charge on any atom is 0.126 e. The Balaban J connectivity index is 2.65.